The van der Waals surface area contributed by atoms with Gasteiger partial charge in [-0.25, -0.2) is 0 Å². The van der Waals surface area contributed by atoms with Crippen LogP contribution in [0.15, 0.2) is 0 Å². The quantitative estimate of drug-likeness (QED) is 0.561. The van der Waals surface area contributed by atoms with Crippen LogP contribution in [0.5, 0.6) is 0 Å². The molecule has 0 unspecified atom stereocenters. The lowest BCUT2D eigenvalue weighted by Crippen LogP contribution is -2.26. The second-order valence-corrected chi connectivity index (χ2v) is 3.15. The van der Waals surface area contributed by atoms with Crippen molar-refractivity contribution >= 4 is 0 Å². The van der Waals surface area contributed by atoms with Gasteiger partial charge in [-0.3, -0.25) is 0 Å². The zero-order chi connectivity index (χ0) is 7.91. The highest BCUT2D eigenvalue weighted by molar-refractivity contribution is 4.60. The molecule has 0 aromatic rings. The molecule has 0 fully saturated rings. The van der Waals surface area contributed by atoms with Crippen LogP contribution in [0.1, 0.15) is 34.1 Å². The highest BCUT2D eigenvalue weighted by atomic mass is 14.7. The molecule has 58 valence electrons. The molecule has 2 nitrogen and oxygen atoms in total. The Morgan fingerprint density at radius 3 is 1.33 bits per heavy atom. The maximum absolute atomic E-state index is 5.35. The maximum Gasteiger partial charge on any atom is 0.00686 e. The van der Waals surface area contributed by atoms with E-state index in [4.69, 9.17) is 11.5 Å². The van der Waals surface area contributed by atoms with Crippen molar-refractivity contribution in [3.8, 4) is 0 Å². The zero-order valence-electron chi connectivity index (χ0n) is 7.07. The molecule has 0 aromatic heterocycles. The molecule has 4 N–H and O–H groups in total. The van der Waals surface area contributed by atoms with Gasteiger partial charge in [-0.05, 0) is 33.7 Å². The van der Waals surface area contributed by atoms with Crippen LogP contribution in [0.4, 0.5) is 0 Å². The summed E-state index contributed by atoms with van der Waals surface area (Å²) in [5, 5.41) is 0. The summed E-state index contributed by atoms with van der Waals surface area (Å²) in [7, 11) is 0. The lowest BCUT2D eigenvalue weighted by molar-refractivity contribution is 0.580. The predicted octanol–water partition coefficient (Wildman–Crippen LogP) is 1.10. The van der Waals surface area contributed by atoms with Crippen LogP contribution in [0, 0.1) is 0 Å². The maximum atomic E-state index is 5.35. The van der Waals surface area contributed by atoms with E-state index in [9.17, 15) is 0 Å². The van der Waals surface area contributed by atoms with Gasteiger partial charge in [0, 0.05) is 5.54 Å². The molecule has 0 radical (unpaired) electrons. The largest absolute Gasteiger partial charge is 0.330 e. The third kappa shape index (κ3) is 328. The molecule has 0 saturated carbocycles. The topological polar surface area (TPSA) is 52.0 Å². The fourth-order valence-corrected chi connectivity index (χ4v) is 0. The molecule has 0 aliphatic carbocycles. The summed E-state index contributed by atoms with van der Waals surface area (Å²) in [6.07, 6.45) is 1.10. The minimum absolute atomic E-state index is 0. The first kappa shape index (κ1) is 11.7. The Morgan fingerprint density at radius 2 is 1.33 bits per heavy atom. The minimum Gasteiger partial charge on any atom is -0.330 e. The van der Waals surface area contributed by atoms with E-state index < -0.39 is 0 Å². The third-order valence-electron chi connectivity index (χ3n) is 0.289. The summed E-state index contributed by atoms with van der Waals surface area (Å²) in [5.74, 6) is 0. The third-order valence-corrected chi connectivity index (χ3v) is 0.289. The fourth-order valence-electron chi connectivity index (χ4n) is 0. The van der Waals surface area contributed by atoms with Crippen molar-refractivity contribution in [3.05, 3.63) is 0 Å². The second-order valence-electron chi connectivity index (χ2n) is 3.15. The van der Waals surface area contributed by atoms with Crippen molar-refractivity contribution in [1.29, 1.82) is 0 Å². The lowest BCUT2D eigenvalue weighted by atomic mass is 10.1. The molecular weight excluding hydrogens is 112 g/mol. The van der Waals surface area contributed by atoms with E-state index in [-0.39, 0.29) is 5.54 Å². The smallest absolute Gasteiger partial charge is 0.00686 e. The van der Waals surface area contributed by atoms with Crippen molar-refractivity contribution in [2.24, 2.45) is 11.5 Å². The molecule has 9 heavy (non-hydrogen) atoms. The summed E-state index contributed by atoms with van der Waals surface area (Å²) in [5.41, 5.74) is 10.4. The van der Waals surface area contributed by atoms with Gasteiger partial charge in [-0.15, -0.1) is 0 Å². The molecule has 0 spiro atoms. The normalized spacial score (nSPS) is 10.0. The van der Waals surface area contributed by atoms with Crippen LogP contribution in [0.2, 0.25) is 0 Å². The Kier molecular flexibility index (Phi) is 7.85. The average molecular weight is 132 g/mol. The van der Waals surface area contributed by atoms with E-state index in [2.05, 4.69) is 6.92 Å². The Hall–Kier alpha value is -0.0800. The Bertz CT molecular complexity index is 37.4. The molecule has 0 heterocycles. The number of hydrogen-bond donors (Lipinski definition) is 2. The van der Waals surface area contributed by atoms with Gasteiger partial charge in [-0.1, -0.05) is 6.92 Å². The van der Waals surface area contributed by atoms with Crippen LogP contribution in [-0.2, 0) is 0 Å². The second kappa shape index (κ2) is 6.05. The van der Waals surface area contributed by atoms with E-state index in [0.717, 1.165) is 13.0 Å². The zero-order valence-corrected chi connectivity index (χ0v) is 7.07. The Balaban J connectivity index is 0. The summed E-state index contributed by atoms with van der Waals surface area (Å²) in [6, 6.07) is 0. The molecule has 0 atom stereocenters. The van der Waals surface area contributed by atoms with Crippen molar-refractivity contribution in [2.75, 3.05) is 6.54 Å². The fraction of sp³-hybridized carbons (Fsp3) is 1.00. The van der Waals surface area contributed by atoms with E-state index in [1.54, 1.807) is 0 Å². The highest BCUT2D eigenvalue weighted by Gasteiger charge is 1.95. The van der Waals surface area contributed by atoms with Gasteiger partial charge >= 0.3 is 0 Å². The highest BCUT2D eigenvalue weighted by Crippen LogP contribution is 1.88. The molecule has 0 aromatic carbocycles. The molecule has 0 aliphatic heterocycles. The molecule has 0 bridgehead atoms. The van der Waals surface area contributed by atoms with Crippen molar-refractivity contribution in [1.82, 2.24) is 0 Å². The van der Waals surface area contributed by atoms with Crippen LogP contribution in [-0.4, -0.2) is 12.1 Å². The molecule has 2 heteroatoms. The molecule has 0 aliphatic rings. The summed E-state index contributed by atoms with van der Waals surface area (Å²) in [6.45, 7) is 8.77. The first-order valence-electron chi connectivity index (χ1n) is 3.40. The van der Waals surface area contributed by atoms with Crippen LogP contribution in [0.3, 0.4) is 0 Å². The van der Waals surface area contributed by atoms with Gasteiger partial charge < -0.3 is 11.5 Å². The van der Waals surface area contributed by atoms with Crippen molar-refractivity contribution in [2.45, 2.75) is 39.7 Å². The number of nitrogens with two attached hydrogens (primary N) is 2. The van der Waals surface area contributed by atoms with E-state index in [1.165, 1.54) is 0 Å². The monoisotopic (exact) mass is 132 g/mol. The minimum atomic E-state index is 0. The van der Waals surface area contributed by atoms with Crippen LogP contribution >= 0.6 is 0 Å². The summed E-state index contributed by atoms with van der Waals surface area (Å²) in [4.78, 5) is 0. The van der Waals surface area contributed by atoms with Gasteiger partial charge in [0.05, 0.1) is 0 Å². The van der Waals surface area contributed by atoms with Crippen molar-refractivity contribution < 1.29 is 0 Å². The van der Waals surface area contributed by atoms with E-state index >= 15 is 0 Å². The summed E-state index contributed by atoms with van der Waals surface area (Å²) < 4.78 is 0. The van der Waals surface area contributed by atoms with Gasteiger partial charge in [0.15, 0.2) is 0 Å². The summed E-state index contributed by atoms with van der Waals surface area (Å²) >= 11 is 0. The van der Waals surface area contributed by atoms with Crippen LogP contribution in [0.25, 0.3) is 0 Å². The Morgan fingerprint density at radius 1 is 1.22 bits per heavy atom. The standard InChI is InChI=1S/C4H11N.C3H9N/c1-4(2,3)5;1-2-3-4/h5H2,1-3H3;2-4H2,1H3. The number of rotatable bonds is 1. The Labute approximate surface area is 58.6 Å². The molecule has 0 saturated heterocycles. The molecular formula is C7H20N2. The molecule has 0 amide bonds. The lowest BCUT2D eigenvalue weighted by Gasteiger charge is -2.06. The van der Waals surface area contributed by atoms with Crippen LogP contribution < -0.4 is 11.5 Å². The van der Waals surface area contributed by atoms with E-state index in [0.29, 0.717) is 0 Å². The molecule has 0 rings (SSSR count). The van der Waals surface area contributed by atoms with Gasteiger partial charge in [0.2, 0.25) is 0 Å². The predicted molar refractivity (Wildman–Crippen MR) is 43.3 cm³/mol. The van der Waals surface area contributed by atoms with Crippen molar-refractivity contribution in [3.63, 3.8) is 0 Å². The van der Waals surface area contributed by atoms with Gasteiger partial charge in [0.1, 0.15) is 0 Å². The average Bonchev–Trinajstić information content (AvgIpc) is 1.61. The van der Waals surface area contributed by atoms with Gasteiger partial charge in [-0.2, -0.15) is 0 Å². The number of hydrogen-bond acceptors (Lipinski definition) is 2. The van der Waals surface area contributed by atoms with Gasteiger partial charge in [0.25, 0.3) is 0 Å². The SMILES string of the molecule is CC(C)(C)N.CCCN. The first-order chi connectivity index (χ1) is 3.91. The van der Waals surface area contributed by atoms with E-state index in [1.807, 2.05) is 20.8 Å². The first-order valence-corrected chi connectivity index (χ1v) is 3.40.